The lowest BCUT2D eigenvalue weighted by molar-refractivity contribution is -0.149. The zero-order valence-electron chi connectivity index (χ0n) is 15.9. The fourth-order valence-corrected chi connectivity index (χ4v) is 3.78. The Morgan fingerprint density at radius 1 is 1.14 bits per heavy atom. The Kier molecular flexibility index (Phi) is 6.81. The predicted molar refractivity (Wildman–Crippen MR) is 117 cm³/mol. The molecule has 0 radical (unpaired) electrons. The number of ether oxygens (including phenoxy) is 2. The highest BCUT2D eigenvalue weighted by atomic mass is 79.9. The maximum atomic E-state index is 13.3. The summed E-state index contributed by atoms with van der Waals surface area (Å²) in [7, 11) is 0. The maximum absolute atomic E-state index is 13.3. The van der Waals surface area contributed by atoms with Crippen molar-refractivity contribution in [3.8, 4) is 17.8 Å². The smallest absolute Gasteiger partial charge is 0.311 e. The SMILES string of the molecule is CC1(C)C(C=C(Br)Br)C1C(=O)OC(C#COc1ccccc1)c1ccc(F)cc1. The molecule has 3 rings (SSSR count). The Hall–Kier alpha value is -2.10. The van der Waals surface area contributed by atoms with Gasteiger partial charge in [0.1, 0.15) is 17.7 Å². The first-order valence-electron chi connectivity index (χ1n) is 9.00. The van der Waals surface area contributed by atoms with Gasteiger partial charge in [-0.3, -0.25) is 4.79 Å². The van der Waals surface area contributed by atoms with Crippen molar-refractivity contribution in [2.45, 2.75) is 20.0 Å². The van der Waals surface area contributed by atoms with Gasteiger partial charge in [0.15, 0.2) is 6.10 Å². The van der Waals surface area contributed by atoms with Gasteiger partial charge in [-0.2, -0.15) is 0 Å². The van der Waals surface area contributed by atoms with E-state index in [0.717, 1.165) is 3.39 Å². The summed E-state index contributed by atoms with van der Waals surface area (Å²) in [6.45, 7) is 4.03. The van der Waals surface area contributed by atoms with Crippen LogP contribution >= 0.6 is 31.9 Å². The molecule has 2 aromatic carbocycles. The number of carbonyl (C=O) groups is 1. The average molecular weight is 522 g/mol. The summed E-state index contributed by atoms with van der Waals surface area (Å²) in [6.07, 6.45) is 3.68. The lowest BCUT2D eigenvalue weighted by Crippen LogP contribution is -2.15. The molecular weight excluding hydrogens is 503 g/mol. The van der Waals surface area contributed by atoms with Crippen molar-refractivity contribution in [1.29, 1.82) is 0 Å². The average Bonchev–Trinajstić information content (AvgIpc) is 3.21. The van der Waals surface area contributed by atoms with Crippen molar-refractivity contribution in [2.75, 3.05) is 0 Å². The van der Waals surface area contributed by atoms with E-state index in [1.54, 1.807) is 24.3 Å². The number of hydrogen-bond donors (Lipinski definition) is 0. The molecule has 29 heavy (non-hydrogen) atoms. The van der Waals surface area contributed by atoms with Gasteiger partial charge in [0.25, 0.3) is 0 Å². The fourth-order valence-electron chi connectivity index (χ4n) is 3.21. The van der Waals surface area contributed by atoms with Crippen molar-refractivity contribution in [3.05, 3.63) is 75.4 Å². The van der Waals surface area contributed by atoms with E-state index in [9.17, 15) is 9.18 Å². The van der Waals surface area contributed by atoms with E-state index < -0.39 is 6.10 Å². The number of rotatable bonds is 5. The minimum Gasteiger partial charge on any atom is -0.444 e. The molecule has 3 nitrogen and oxygen atoms in total. The van der Waals surface area contributed by atoms with E-state index in [1.165, 1.54) is 12.1 Å². The number of para-hydroxylation sites is 1. The van der Waals surface area contributed by atoms with Gasteiger partial charge >= 0.3 is 5.97 Å². The summed E-state index contributed by atoms with van der Waals surface area (Å²) in [5.74, 6) is 2.46. The van der Waals surface area contributed by atoms with Crippen molar-refractivity contribution in [3.63, 3.8) is 0 Å². The minimum atomic E-state index is -0.861. The molecular formula is C23H19Br2FO3. The molecule has 0 aliphatic heterocycles. The summed E-state index contributed by atoms with van der Waals surface area (Å²) in [5.41, 5.74) is 0.363. The Balaban J connectivity index is 1.78. The first kappa shape index (κ1) is 21.6. The molecule has 0 aromatic heterocycles. The van der Waals surface area contributed by atoms with Crippen LogP contribution in [0.2, 0.25) is 0 Å². The Morgan fingerprint density at radius 2 is 1.79 bits per heavy atom. The number of carbonyl (C=O) groups excluding carboxylic acids is 1. The number of allylic oxidation sites excluding steroid dienone is 1. The number of halogens is 3. The van der Waals surface area contributed by atoms with Crippen molar-refractivity contribution in [2.24, 2.45) is 17.3 Å². The Morgan fingerprint density at radius 3 is 2.41 bits per heavy atom. The molecule has 3 unspecified atom stereocenters. The second kappa shape index (κ2) is 9.15. The van der Waals surface area contributed by atoms with E-state index >= 15 is 0 Å². The topological polar surface area (TPSA) is 35.5 Å². The molecule has 1 aliphatic carbocycles. The van der Waals surface area contributed by atoms with Gasteiger partial charge in [0.05, 0.1) is 9.31 Å². The molecule has 3 atom stereocenters. The van der Waals surface area contributed by atoms with Gasteiger partial charge in [-0.05, 0) is 73.4 Å². The van der Waals surface area contributed by atoms with E-state index in [1.807, 2.05) is 38.1 Å². The van der Waals surface area contributed by atoms with Crippen LogP contribution in [0.1, 0.15) is 25.5 Å². The summed E-state index contributed by atoms with van der Waals surface area (Å²) in [6, 6.07) is 14.8. The Labute approximate surface area is 186 Å². The van der Waals surface area contributed by atoms with E-state index in [-0.39, 0.29) is 29.0 Å². The van der Waals surface area contributed by atoms with Crippen molar-refractivity contribution < 1.29 is 18.7 Å². The first-order chi connectivity index (χ1) is 13.8. The van der Waals surface area contributed by atoms with Gasteiger partial charge in [0, 0.05) is 5.56 Å². The van der Waals surface area contributed by atoms with E-state index in [4.69, 9.17) is 9.47 Å². The molecule has 0 amide bonds. The van der Waals surface area contributed by atoms with Crippen LogP contribution < -0.4 is 4.74 Å². The second-order valence-corrected chi connectivity index (χ2v) is 10.1. The third-order valence-electron chi connectivity index (χ3n) is 4.98. The zero-order chi connectivity index (χ0) is 21.0. The number of benzene rings is 2. The molecule has 6 heteroatoms. The predicted octanol–water partition coefficient (Wildman–Crippen LogP) is 6.35. The monoisotopic (exact) mass is 520 g/mol. The van der Waals surface area contributed by atoms with E-state index in [0.29, 0.717) is 11.3 Å². The fraction of sp³-hybridized carbons (Fsp3) is 0.261. The normalized spacial score (nSPS) is 19.9. The molecule has 0 saturated heterocycles. The number of hydrogen-bond acceptors (Lipinski definition) is 3. The minimum absolute atomic E-state index is 0.0474. The second-order valence-electron chi connectivity index (χ2n) is 7.31. The summed E-state index contributed by atoms with van der Waals surface area (Å²) in [5, 5.41) is 0. The van der Waals surface area contributed by atoms with E-state index in [2.05, 4.69) is 43.9 Å². The van der Waals surface area contributed by atoms with Gasteiger partial charge in [0.2, 0.25) is 0 Å². The Bertz CT molecular complexity index is 955. The first-order valence-corrected chi connectivity index (χ1v) is 10.6. The summed E-state index contributed by atoms with van der Waals surface area (Å²) >= 11 is 6.69. The van der Waals surface area contributed by atoms with Crippen LogP contribution in [-0.4, -0.2) is 5.97 Å². The lowest BCUT2D eigenvalue weighted by Gasteiger charge is -2.13. The molecule has 0 spiro atoms. The number of esters is 1. The van der Waals surface area contributed by atoms with Crippen molar-refractivity contribution >= 4 is 37.8 Å². The largest absolute Gasteiger partial charge is 0.444 e. The molecule has 1 aliphatic rings. The van der Waals surface area contributed by atoms with Gasteiger partial charge in [-0.1, -0.05) is 50.3 Å². The van der Waals surface area contributed by atoms with Gasteiger partial charge in [-0.25, -0.2) is 4.39 Å². The molecule has 1 saturated carbocycles. The van der Waals surface area contributed by atoms with Crippen molar-refractivity contribution in [1.82, 2.24) is 0 Å². The molecule has 0 N–H and O–H groups in total. The molecule has 0 heterocycles. The summed E-state index contributed by atoms with van der Waals surface area (Å²) < 4.78 is 25.2. The molecule has 1 fully saturated rings. The van der Waals surface area contributed by atoms with Gasteiger partial charge in [-0.15, -0.1) is 0 Å². The third kappa shape index (κ3) is 5.49. The highest BCUT2D eigenvalue weighted by Gasteiger charge is 2.61. The molecule has 2 aromatic rings. The van der Waals surface area contributed by atoms with Crippen LogP contribution in [0.4, 0.5) is 4.39 Å². The van der Waals surface area contributed by atoms with Crippen LogP contribution in [0, 0.1) is 35.1 Å². The summed E-state index contributed by atoms with van der Waals surface area (Å²) in [4.78, 5) is 12.8. The quantitative estimate of drug-likeness (QED) is 0.339. The molecule has 0 bridgehead atoms. The maximum Gasteiger partial charge on any atom is 0.311 e. The van der Waals surface area contributed by atoms with Crippen LogP contribution in [0.5, 0.6) is 5.75 Å². The molecule has 150 valence electrons. The van der Waals surface area contributed by atoms with Crippen LogP contribution in [0.3, 0.4) is 0 Å². The lowest BCUT2D eigenvalue weighted by atomic mass is 10.1. The van der Waals surface area contributed by atoms with Gasteiger partial charge < -0.3 is 9.47 Å². The standard InChI is InChI=1S/C23H19Br2FO3/c1-23(2)18(14-20(24)25)21(23)22(27)29-19(15-8-10-16(26)11-9-15)12-13-28-17-6-4-3-5-7-17/h3-11,14,18-19,21H,1-2H3. The zero-order valence-corrected chi connectivity index (χ0v) is 19.0. The highest BCUT2D eigenvalue weighted by Crippen LogP contribution is 2.60. The van der Waals surface area contributed by atoms with Crippen LogP contribution in [-0.2, 0) is 9.53 Å². The highest BCUT2D eigenvalue weighted by molar-refractivity contribution is 9.28. The van der Waals surface area contributed by atoms with Crippen LogP contribution in [0.15, 0.2) is 64.1 Å². The van der Waals surface area contributed by atoms with Crippen LogP contribution in [0.25, 0.3) is 0 Å². The third-order valence-corrected chi connectivity index (χ3v) is 5.51.